The van der Waals surface area contributed by atoms with E-state index >= 15 is 0 Å². The maximum absolute atomic E-state index is 5.85. The minimum absolute atomic E-state index is 0.515. The summed E-state index contributed by atoms with van der Waals surface area (Å²) in [7, 11) is 2.31. The minimum atomic E-state index is 0.515. The molecular weight excluding hydrogens is 224 g/mol. The van der Waals surface area contributed by atoms with Crippen molar-refractivity contribution in [1.82, 2.24) is 10.2 Å². The summed E-state index contributed by atoms with van der Waals surface area (Å²) >= 11 is 0. The number of nitrogens with zero attached hydrogens (tertiary/aromatic N) is 1. The zero-order valence-corrected chi connectivity index (χ0v) is 12.2. The summed E-state index contributed by atoms with van der Waals surface area (Å²) in [6.07, 6.45) is 8.20. The molecule has 0 spiro atoms. The van der Waals surface area contributed by atoms with Crippen LogP contribution in [0, 0.1) is 5.92 Å². The first kappa shape index (κ1) is 14.3. The molecule has 2 rings (SSSR count). The normalized spacial score (nSPS) is 33.8. The van der Waals surface area contributed by atoms with E-state index < -0.39 is 0 Å². The highest BCUT2D eigenvalue weighted by Gasteiger charge is 2.26. The summed E-state index contributed by atoms with van der Waals surface area (Å²) in [5.74, 6) is 0.858. The van der Waals surface area contributed by atoms with Crippen molar-refractivity contribution in [2.24, 2.45) is 5.92 Å². The molecule has 3 nitrogen and oxygen atoms in total. The topological polar surface area (TPSA) is 24.5 Å². The number of ether oxygens (including phenoxy) is 1. The van der Waals surface area contributed by atoms with E-state index in [2.05, 4.69) is 24.2 Å². The molecule has 2 aliphatic rings. The molecule has 0 aromatic heterocycles. The van der Waals surface area contributed by atoms with Crippen LogP contribution in [0.1, 0.15) is 45.4 Å². The Hall–Kier alpha value is -0.120. The van der Waals surface area contributed by atoms with E-state index in [0.717, 1.165) is 18.6 Å². The lowest BCUT2D eigenvalue weighted by molar-refractivity contribution is -0.0285. The van der Waals surface area contributed by atoms with Crippen molar-refractivity contribution in [2.45, 2.75) is 57.6 Å². The number of hydrogen-bond donors (Lipinski definition) is 1. The number of hydrogen-bond acceptors (Lipinski definition) is 3. The van der Waals surface area contributed by atoms with Crippen molar-refractivity contribution in [2.75, 3.05) is 33.3 Å². The highest BCUT2D eigenvalue weighted by molar-refractivity contribution is 4.80. The SMILES string of the molecule is CCCC1CC(N(C)CC2CCCNC2)CCO1. The first-order valence-electron chi connectivity index (χ1n) is 7.82. The first-order valence-corrected chi connectivity index (χ1v) is 7.82. The smallest absolute Gasteiger partial charge is 0.0590 e. The van der Waals surface area contributed by atoms with Gasteiger partial charge in [-0.05, 0) is 58.2 Å². The van der Waals surface area contributed by atoms with Crippen molar-refractivity contribution in [1.29, 1.82) is 0 Å². The zero-order valence-electron chi connectivity index (χ0n) is 12.2. The van der Waals surface area contributed by atoms with Crippen molar-refractivity contribution >= 4 is 0 Å². The molecule has 0 bridgehead atoms. The molecule has 18 heavy (non-hydrogen) atoms. The molecule has 0 aromatic carbocycles. The Morgan fingerprint density at radius 2 is 2.22 bits per heavy atom. The van der Waals surface area contributed by atoms with Crippen LogP contribution in [0.4, 0.5) is 0 Å². The number of piperidine rings is 1. The van der Waals surface area contributed by atoms with Crippen LogP contribution in [0.5, 0.6) is 0 Å². The van der Waals surface area contributed by atoms with Crippen LogP contribution >= 0.6 is 0 Å². The molecule has 2 saturated heterocycles. The Bertz CT molecular complexity index is 227. The number of rotatable bonds is 5. The Morgan fingerprint density at radius 1 is 1.33 bits per heavy atom. The maximum Gasteiger partial charge on any atom is 0.0590 e. The first-order chi connectivity index (χ1) is 8.79. The lowest BCUT2D eigenvalue weighted by Crippen LogP contribution is -2.44. The second kappa shape index (κ2) is 7.46. The van der Waals surface area contributed by atoms with Crippen LogP contribution in [0.2, 0.25) is 0 Å². The van der Waals surface area contributed by atoms with Crippen LogP contribution in [0.25, 0.3) is 0 Å². The molecule has 0 amide bonds. The van der Waals surface area contributed by atoms with E-state index in [1.165, 1.54) is 58.2 Å². The monoisotopic (exact) mass is 254 g/mol. The van der Waals surface area contributed by atoms with Gasteiger partial charge < -0.3 is 15.0 Å². The van der Waals surface area contributed by atoms with Gasteiger partial charge in [0.2, 0.25) is 0 Å². The van der Waals surface area contributed by atoms with Gasteiger partial charge in [-0.2, -0.15) is 0 Å². The molecule has 3 atom stereocenters. The van der Waals surface area contributed by atoms with Gasteiger partial charge in [-0.15, -0.1) is 0 Å². The summed E-state index contributed by atoms with van der Waals surface area (Å²) < 4.78 is 5.85. The van der Waals surface area contributed by atoms with E-state index in [9.17, 15) is 0 Å². The average molecular weight is 254 g/mol. The van der Waals surface area contributed by atoms with Crippen LogP contribution in [-0.4, -0.2) is 50.3 Å². The van der Waals surface area contributed by atoms with Gasteiger partial charge in [-0.1, -0.05) is 13.3 Å². The standard InChI is InChI=1S/C15H30N2O/c1-3-5-15-10-14(7-9-18-15)17(2)12-13-6-4-8-16-11-13/h13-16H,3-12H2,1-2H3. The average Bonchev–Trinajstić information content (AvgIpc) is 2.40. The molecule has 3 heteroatoms. The fourth-order valence-corrected chi connectivity index (χ4v) is 3.42. The zero-order chi connectivity index (χ0) is 12.8. The van der Waals surface area contributed by atoms with E-state index in [4.69, 9.17) is 4.74 Å². The summed E-state index contributed by atoms with van der Waals surface area (Å²) in [6.45, 7) is 6.91. The van der Waals surface area contributed by atoms with Crippen LogP contribution in [0.3, 0.4) is 0 Å². The summed E-state index contributed by atoms with van der Waals surface area (Å²) in [5, 5.41) is 3.52. The van der Waals surface area contributed by atoms with Gasteiger partial charge in [0.05, 0.1) is 6.10 Å². The Morgan fingerprint density at radius 3 is 2.94 bits per heavy atom. The third-order valence-corrected chi connectivity index (χ3v) is 4.52. The molecule has 2 aliphatic heterocycles. The second-order valence-corrected chi connectivity index (χ2v) is 6.11. The summed E-state index contributed by atoms with van der Waals surface area (Å²) in [6, 6.07) is 0.747. The molecule has 0 radical (unpaired) electrons. The Kier molecular flexibility index (Phi) is 5.93. The quantitative estimate of drug-likeness (QED) is 0.814. The predicted molar refractivity (Wildman–Crippen MR) is 75.9 cm³/mol. The molecule has 0 saturated carbocycles. The third kappa shape index (κ3) is 4.22. The minimum Gasteiger partial charge on any atom is -0.378 e. The lowest BCUT2D eigenvalue weighted by atomic mass is 9.95. The van der Waals surface area contributed by atoms with Crippen molar-refractivity contribution in [3.8, 4) is 0 Å². The Labute approximate surface area is 112 Å². The van der Waals surface area contributed by atoms with E-state index in [-0.39, 0.29) is 0 Å². The predicted octanol–water partition coefficient (Wildman–Crippen LogP) is 2.27. The van der Waals surface area contributed by atoms with Gasteiger partial charge in [-0.3, -0.25) is 0 Å². The fourth-order valence-electron chi connectivity index (χ4n) is 3.42. The summed E-state index contributed by atoms with van der Waals surface area (Å²) in [5.41, 5.74) is 0. The third-order valence-electron chi connectivity index (χ3n) is 4.52. The highest BCUT2D eigenvalue weighted by atomic mass is 16.5. The fraction of sp³-hybridized carbons (Fsp3) is 1.00. The van der Waals surface area contributed by atoms with Gasteiger partial charge in [0.25, 0.3) is 0 Å². The van der Waals surface area contributed by atoms with E-state index in [1.54, 1.807) is 0 Å². The molecule has 2 fully saturated rings. The molecule has 106 valence electrons. The highest BCUT2D eigenvalue weighted by Crippen LogP contribution is 2.23. The lowest BCUT2D eigenvalue weighted by Gasteiger charge is -2.37. The second-order valence-electron chi connectivity index (χ2n) is 6.11. The molecule has 0 aromatic rings. The molecule has 1 N–H and O–H groups in total. The van der Waals surface area contributed by atoms with E-state index in [0.29, 0.717) is 6.10 Å². The molecule has 0 aliphatic carbocycles. The van der Waals surface area contributed by atoms with Crippen molar-refractivity contribution < 1.29 is 4.74 Å². The number of nitrogens with one attached hydrogen (secondary N) is 1. The summed E-state index contributed by atoms with van der Waals surface area (Å²) in [4.78, 5) is 2.60. The van der Waals surface area contributed by atoms with E-state index in [1.807, 2.05) is 0 Å². The van der Waals surface area contributed by atoms with Gasteiger partial charge in [-0.25, -0.2) is 0 Å². The van der Waals surface area contributed by atoms with Crippen LogP contribution in [0.15, 0.2) is 0 Å². The largest absolute Gasteiger partial charge is 0.378 e. The molecule has 2 heterocycles. The molecular formula is C15H30N2O. The van der Waals surface area contributed by atoms with Crippen molar-refractivity contribution in [3.05, 3.63) is 0 Å². The van der Waals surface area contributed by atoms with Gasteiger partial charge in [0.15, 0.2) is 0 Å². The van der Waals surface area contributed by atoms with Gasteiger partial charge in [0.1, 0.15) is 0 Å². The maximum atomic E-state index is 5.85. The van der Waals surface area contributed by atoms with Gasteiger partial charge >= 0.3 is 0 Å². The molecule has 3 unspecified atom stereocenters. The van der Waals surface area contributed by atoms with Gasteiger partial charge in [0, 0.05) is 19.2 Å². The Balaban J connectivity index is 1.74. The van der Waals surface area contributed by atoms with Crippen LogP contribution < -0.4 is 5.32 Å². The van der Waals surface area contributed by atoms with Crippen LogP contribution in [-0.2, 0) is 4.74 Å². The van der Waals surface area contributed by atoms with Crippen molar-refractivity contribution in [3.63, 3.8) is 0 Å².